The van der Waals surface area contributed by atoms with Crippen LogP contribution < -0.4 is 5.32 Å². The predicted octanol–water partition coefficient (Wildman–Crippen LogP) is 6.49. The Morgan fingerprint density at radius 3 is 2.29 bits per heavy atom. The van der Waals surface area contributed by atoms with Crippen molar-refractivity contribution in [2.24, 2.45) is 11.8 Å². The molecule has 0 aliphatic rings. The molecule has 0 fully saturated rings. The zero-order valence-electron chi connectivity index (χ0n) is 17.1. The van der Waals surface area contributed by atoms with Crippen LogP contribution in [0.1, 0.15) is 36.5 Å². The molecule has 0 bridgehead atoms. The van der Waals surface area contributed by atoms with Crippen molar-refractivity contribution in [1.82, 2.24) is 0 Å². The van der Waals surface area contributed by atoms with Gasteiger partial charge in [-0.3, -0.25) is 9.59 Å². The summed E-state index contributed by atoms with van der Waals surface area (Å²) in [5.74, 6) is -6.05. The fourth-order valence-corrected chi connectivity index (χ4v) is 3.65. The van der Waals surface area contributed by atoms with Crippen molar-refractivity contribution in [3.63, 3.8) is 0 Å². The van der Waals surface area contributed by atoms with Crippen LogP contribution in [0.5, 0.6) is 0 Å². The molecule has 0 aliphatic carbocycles. The van der Waals surface area contributed by atoms with E-state index in [9.17, 15) is 22.8 Å². The molecule has 0 aliphatic heterocycles. The average molecular weight is 476 g/mol. The highest BCUT2D eigenvalue weighted by atomic mass is 35.5. The van der Waals surface area contributed by atoms with Crippen LogP contribution >= 0.6 is 23.2 Å². The lowest BCUT2D eigenvalue weighted by Crippen LogP contribution is -2.35. The largest absolute Gasteiger partial charge is 0.481 e. The van der Waals surface area contributed by atoms with Gasteiger partial charge in [0.1, 0.15) is 0 Å². The van der Waals surface area contributed by atoms with Crippen molar-refractivity contribution < 1.29 is 27.9 Å². The molecule has 0 spiro atoms. The highest BCUT2D eigenvalue weighted by molar-refractivity contribution is 6.33. The van der Waals surface area contributed by atoms with Gasteiger partial charge < -0.3 is 10.4 Å². The summed E-state index contributed by atoms with van der Waals surface area (Å²) in [4.78, 5) is 24.1. The van der Waals surface area contributed by atoms with Crippen LogP contribution in [0.3, 0.4) is 0 Å². The molecule has 0 heterocycles. The van der Waals surface area contributed by atoms with Crippen LogP contribution in [-0.4, -0.2) is 23.2 Å². The highest BCUT2D eigenvalue weighted by Crippen LogP contribution is 2.40. The molecule has 0 aromatic heterocycles. The third-order valence-electron chi connectivity index (χ3n) is 5.12. The topological polar surface area (TPSA) is 66.4 Å². The number of hydrogen-bond donors (Lipinski definition) is 2. The first-order valence-electron chi connectivity index (χ1n) is 9.46. The molecular formula is C22H22Cl2F3NO3. The number of nitrogens with one attached hydrogen (secondary N) is 1. The van der Waals surface area contributed by atoms with Gasteiger partial charge in [0, 0.05) is 5.02 Å². The van der Waals surface area contributed by atoms with E-state index >= 15 is 0 Å². The van der Waals surface area contributed by atoms with Crippen LogP contribution in [0, 0.1) is 18.8 Å². The first kappa shape index (κ1) is 25.0. The zero-order chi connectivity index (χ0) is 23.5. The highest BCUT2D eigenvalue weighted by Gasteiger charge is 2.45. The Bertz CT molecular complexity index is 979. The maximum atomic E-state index is 13.6. The summed E-state index contributed by atoms with van der Waals surface area (Å²) in [5.41, 5.74) is 1.36. The second-order valence-corrected chi connectivity index (χ2v) is 8.40. The molecule has 2 N–H and O–H groups in total. The van der Waals surface area contributed by atoms with Gasteiger partial charge in [0.15, 0.2) is 0 Å². The Kier molecular flexibility index (Phi) is 8.00. The maximum Gasteiger partial charge on any atom is 0.392 e. The smallest absolute Gasteiger partial charge is 0.392 e. The minimum Gasteiger partial charge on any atom is -0.481 e. The molecule has 2 rings (SSSR count). The van der Waals surface area contributed by atoms with Gasteiger partial charge in [0.05, 0.1) is 28.5 Å². The van der Waals surface area contributed by atoms with Gasteiger partial charge in [-0.15, -0.1) is 0 Å². The third-order valence-corrected chi connectivity index (χ3v) is 5.68. The summed E-state index contributed by atoms with van der Waals surface area (Å²) in [6.45, 7) is 4.07. The number of aryl methyl sites for hydroxylation is 1. The van der Waals surface area contributed by atoms with Crippen molar-refractivity contribution in [3.05, 3.63) is 63.1 Å². The fraction of sp³-hybridized carbons (Fsp3) is 0.364. The number of carboxylic acid groups (broad SMARTS) is 1. The number of amides is 1. The summed E-state index contributed by atoms with van der Waals surface area (Å²) < 4.78 is 40.7. The third kappa shape index (κ3) is 6.37. The van der Waals surface area contributed by atoms with Gasteiger partial charge >= 0.3 is 12.1 Å². The van der Waals surface area contributed by atoms with E-state index in [1.54, 1.807) is 13.0 Å². The minimum absolute atomic E-state index is 0.118. The van der Waals surface area contributed by atoms with Gasteiger partial charge in [-0.05, 0) is 54.3 Å². The predicted molar refractivity (Wildman–Crippen MR) is 115 cm³/mol. The van der Waals surface area contributed by atoms with Crippen LogP contribution in [-0.2, 0) is 16.0 Å². The van der Waals surface area contributed by atoms with Crippen LogP contribution in [0.25, 0.3) is 0 Å². The van der Waals surface area contributed by atoms with E-state index in [-0.39, 0.29) is 22.7 Å². The molecule has 3 atom stereocenters. The van der Waals surface area contributed by atoms with E-state index < -0.39 is 35.8 Å². The Balaban J connectivity index is 2.41. The summed E-state index contributed by atoms with van der Waals surface area (Å²) in [7, 11) is 0. The number of halogens is 5. The fourth-order valence-electron chi connectivity index (χ4n) is 3.26. The normalized spacial score (nSPS) is 14.6. The Morgan fingerprint density at radius 2 is 1.74 bits per heavy atom. The molecule has 0 saturated carbocycles. The number of benzene rings is 2. The first-order chi connectivity index (χ1) is 14.3. The molecule has 4 nitrogen and oxygen atoms in total. The van der Waals surface area contributed by atoms with E-state index in [0.717, 1.165) is 6.92 Å². The lowest BCUT2D eigenvalue weighted by molar-refractivity contribution is -0.178. The lowest BCUT2D eigenvalue weighted by Gasteiger charge is -2.27. The number of aliphatic carboxylic acids is 1. The van der Waals surface area contributed by atoms with E-state index in [1.165, 1.54) is 37.3 Å². The summed E-state index contributed by atoms with van der Waals surface area (Å²) in [6, 6.07) is 8.91. The van der Waals surface area contributed by atoms with Gasteiger partial charge in [-0.25, -0.2) is 0 Å². The molecular weight excluding hydrogens is 454 g/mol. The number of carbonyl (C=O) groups is 2. The second-order valence-electron chi connectivity index (χ2n) is 7.56. The van der Waals surface area contributed by atoms with Crippen molar-refractivity contribution in [3.8, 4) is 0 Å². The van der Waals surface area contributed by atoms with Gasteiger partial charge in [-0.2, -0.15) is 13.2 Å². The number of rotatable bonds is 7. The molecule has 0 radical (unpaired) electrons. The quantitative estimate of drug-likeness (QED) is 0.481. The molecule has 2 aromatic rings. The minimum atomic E-state index is -4.61. The van der Waals surface area contributed by atoms with E-state index in [2.05, 4.69) is 5.32 Å². The number of alkyl halides is 3. The van der Waals surface area contributed by atoms with Gasteiger partial charge in [0.25, 0.3) is 0 Å². The van der Waals surface area contributed by atoms with E-state index in [0.29, 0.717) is 16.1 Å². The Hall–Kier alpha value is -2.25. The molecule has 9 heteroatoms. The number of anilines is 1. The van der Waals surface area contributed by atoms with E-state index in [4.69, 9.17) is 28.3 Å². The molecule has 168 valence electrons. The SMILES string of the molecule is Cc1cc(Cl)ccc1[C@@H](C(=O)Nc1cc(C[C@H](C)C(=O)O)ccc1Cl)[C@@H](C)C(F)(F)F. The number of carbonyl (C=O) groups excluding carboxylic acids is 1. The molecule has 0 saturated heterocycles. The van der Waals surface area contributed by atoms with Gasteiger partial charge in [-0.1, -0.05) is 49.2 Å². The van der Waals surface area contributed by atoms with Crippen molar-refractivity contribution in [2.75, 3.05) is 5.32 Å². The van der Waals surface area contributed by atoms with E-state index in [1.807, 2.05) is 0 Å². The summed E-state index contributed by atoms with van der Waals surface area (Å²) in [5, 5.41) is 12.1. The number of hydrogen-bond acceptors (Lipinski definition) is 2. The number of carboxylic acids is 1. The molecule has 2 aromatic carbocycles. The van der Waals surface area contributed by atoms with Crippen LogP contribution in [0.4, 0.5) is 18.9 Å². The standard InChI is InChI=1S/C22H22Cl2F3NO3/c1-11-9-15(23)5-6-16(11)19(13(3)22(25,26)27)20(29)28-18-10-14(4-7-17(18)24)8-12(2)21(30)31/h4-7,9-10,12-13,19H,8H2,1-3H3,(H,28,29)(H,30,31)/t12-,13+,19-/m0/s1. The van der Waals surface area contributed by atoms with Crippen molar-refractivity contribution in [1.29, 1.82) is 0 Å². The van der Waals surface area contributed by atoms with Crippen LogP contribution in [0.15, 0.2) is 36.4 Å². The summed E-state index contributed by atoms with van der Waals surface area (Å²) in [6.07, 6.45) is -4.44. The molecule has 31 heavy (non-hydrogen) atoms. The Labute approximate surface area is 188 Å². The zero-order valence-corrected chi connectivity index (χ0v) is 18.6. The first-order valence-corrected chi connectivity index (χ1v) is 10.2. The van der Waals surface area contributed by atoms with Crippen molar-refractivity contribution >= 4 is 40.8 Å². The second kappa shape index (κ2) is 9.92. The maximum absolute atomic E-state index is 13.6. The Morgan fingerprint density at radius 1 is 1.10 bits per heavy atom. The van der Waals surface area contributed by atoms with Crippen LogP contribution in [0.2, 0.25) is 10.0 Å². The molecule has 1 amide bonds. The lowest BCUT2D eigenvalue weighted by atomic mass is 9.83. The monoisotopic (exact) mass is 475 g/mol. The van der Waals surface area contributed by atoms with Crippen molar-refractivity contribution in [2.45, 2.75) is 39.3 Å². The molecule has 0 unspecified atom stereocenters. The van der Waals surface area contributed by atoms with Gasteiger partial charge in [0.2, 0.25) is 5.91 Å². The average Bonchev–Trinajstić information content (AvgIpc) is 2.65. The summed E-state index contributed by atoms with van der Waals surface area (Å²) >= 11 is 12.1.